The standard InChI is InChI=1S/C26H32ClN3O3/c1-26(2,25(32)29-23-13-5-4-12-22(23)27)30-19-9-7-10-20(30)16-18(15-19)28-24(31)17-8-6-11-21(14-17)33-3/h4-6,8,11-14,18-20H,7,9-10,15-16H2,1-3H3,(H,28,31)(H,29,32). The summed E-state index contributed by atoms with van der Waals surface area (Å²) < 4.78 is 5.25. The van der Waals surface area contributed by atoms with E-state index in [2.05, 4.69) is 15.5 Å². The number of fused-ring (bicyclic) bond motifs is 2. The van der Waals surface area contributed by atoms with Crippen LogP contribution < -0.4 is 15.4 Å². The molecule has 6 nitrogen and oxygen atoms in total. The third-order valence-electron chi connectivity index (χ3n) is 6.97. The number of carbonyl (C=O) groups excluding carboxylic acids is 2. The Morgan fingerprint density at radius 1 is 1.06 bits per heavy atom. The highest BCUT2D eigenvalue weighted by Crippen LogP contribution is 2.39. The molecule has 33 heavy (non-hydrogen) atoms. The number of piperidine rings is 2. The molecule has 2 amide bonds. The maximum Gasteiger partial charge on any atom is 0.251 e. The van der Waals surface area contributed by atoms with Gasteiger partial charge in [-0.15, -0.1) is 0 Å². The number of amides is 2. The lowest BCUT2D eigenvalue weighted by atomic mass is 9.78. The van der Waals surface area contributed by atoms with Crippen LogP contribution in [0, 0.1) is 0 Å². The van der Waals surface area contributed by atoms with Crippen molar-refractivity contribution in [3.8, 4) is 5.75 Å². The zero-order valence-electron chi connectivity index (χ0n) is 19.4. The summed E-state index contributed by atoms with van der Waals surface area (Å²) >= 11 is 6.26. The molecule has 7 heteroatoms. The molecule has 2 heterocycles. The largest absolute Gasteiger partial charge is 0.497 e. The molecule has 2 aliphatic heterocycles. The molecule has 2 saturated heterocycles. The highest BCUT2D eigenvalue weighted by molar-refractivity contribution is 6.33. The number of para-hydroxylation sites is 1. The van der Waals surface area contributed by atoms with Crippen molar-refractivity contribution in [2.24, 2.45) is 0 Å². The summed E-state index contributed by atoms with van der Waals surface area (Å²) in [6, 6.07) is 15.1. The third-order valence-corrected chi connectivity index (χ3v) is 7.29. The van der Waals surface area contributed by atoms with Gasteiger partial charge in [0.1, 0.15) is 5.75 Å². The second-order valence-electron chi connectivity index (χ2n) is 9.51. The van der Waals surface area contributed by atoms with Crippen LogP contribution in [-0.2, 0) is 4.79 Å². The van der Waals surface area contributed by atoms with E-state index in [-0.39, 0.29) is 29.9 Å². The summed E-state index contributed by atoms with van der Waals surface area (Å²) in [6.45, 7) is 3.97. The van der Waals surface area contributed by atoms with Crippen LogP contribution in [-0.4, -0.2) is 47.5 Å². The number of benzene rings is 2. The lowest BCUT2D eigenvalue weighted by molar-refractivity contribution is -0.134. The van der Waals surface area contributed by atoms with Crippen molar-refractivity contribution in [3.63, 3.8) is 0 Å². The third kappa shape index (κ3) is 5.02. The van der Waals surface area contributed by atoms with Gasteiger partial charge in [0.25, 0.3) is 5.91 Å². The van der Waals surface area contributed by atoms with Crippen molar-refractivity contribution in [1.82, 2.24) is 10.2 Å². The molecule has 0 aliphatic carbocycles. The Balaban J connectivity index is 1.46. The quantitative estimate of drug-likeness (QED) is 0.632. The molecule has 0 aromatic heterocycles. The minimum absolute atomic E-state index is 0.0635. The molecule has 2 atom stereocenters. The lowest BCUT2D eigenvalue weighted by Gasteiger charge is -2.54. The summed E-state index contributed by atoms with van der Waals surface area (Å²) in [4.78, 5) is 28.6. The van der Waals surface area contributed by atoms with Crippen molar-refractivity contribution in [2.75, 3.05) is 12.4 Å². The zero-order valence-corrected chi connectivity index (χ0v) is 20.2. The molecular weight excluding hydrogens is 438 g/mol. The van der Waals surface area contributed by atoms with Crippen LogP contribution in [0.4, 0.5) is 5.69 Å². The van der Waals surface area contributed by atoms with Gasteiger partial charge >= 0.3 is 0 Å². The second kappa shape index (κ2) is 9.74. The minimum atomic E-state index is -0.698. The van der Waals surface area contributed by atoms with Crippen molar-refractivity contribution < 1.29 is 14.3 Å². The van der Waals surface area contributed by atoms with Crippen LogP contribution in [0.1, 0.15) is 56.3 Å². The molecule has 2 bridgehead atoms. The first-order valence-electron chi connectivity index (χ1n) is 11.6. The number of halogens is 1. The number of nitrogens with zero attached hydrogens (tertiary/aromatic N) is 1. The monoisotopic (exact) mass is 469 g/mol. The zero-order chi connectivity index (χ0) is 23.6. The highest BCUT2D eigenvalue weighted by atomic mass is 35.5. The topological polar surface area (TPSA) is 70.7 Å². The van der Waals surface area contributed by atoms with E-state index in [0.29, 0.717) is 22.0 Å². The highest BCUT2D eigenvalue weighted by Gasteiger charge is 2.48. The molecular formula is C26H32ClN3O3. The molecule has 0 radical (unpaired) electrons. The number of ether oxygens (including phenoxy) is 1. The van der Waals surface area contributed by atoms with E-state index < -0.39 is 5.54 Å². The number of carbonyl (C=O) groups is 2. The molecule has 2 N–H and O–H groups in total. The van der Waals surface area contributed by atoms with Gasteiger partial charge in [-0.25, -0.2) is 0 Å². The molecule has 4 rings (SSSR count). The van der Waals surface area contributed by atoms with Crippen molar-refractivity contribution in [3.05, 3.63) is 59.1 Å². The van der Waals surface area contributed by atoms with Gasteiger partial charge in [0.15, 0.2) is 0 Å². The number of nitrogens with one attached hydrogen (secondary N) is 2. The molecule has 2 fully saturated rings. The average molecular weight is 470 g/mol. The van der Waals surface area contributed by atoms with Crippen molar-refractivity contribution >= 4 is 29.1 Å². The number of hydrogen-bond acceptors (Lipinski definition) is 4. The van der Waals surface area contributed by atoms with Crippen LogP contribution >= 0.6 is 11.6 Å². The van der Waals surface area contributed by atoms with Crippen LogP contribution in [0.5, 0.6) is 5.75 Å². The Kier molecular flexibility index (Phi) is 6.96. The molecule has 176 valence electrons. The molecule has 0 saturated carbocycles. The molecule has 0 spiro atoms. The lowest BCUT2D eigenvalue weighted by Crippen LogP contribution is -2.66. The van der Waals surface area contributed by atoms with Gasteiger partial charge in [0.05, 0.1) is 23.4 Å². The first-order chi connectivity index (χ1) is 15.8. The SMILES string of the molecule is COc1cccc(C(=O)NC2CC3CCCC(C2)N3C(C)(C)C(=O)Nc2ccccc2Cl)c1. The average Bonchev–Trinajstić information content (AvgIpc) is 2.79. The predicted octanol–water partition coefficient (Wildman–Crippen LogP) is 4.88. The van der Waals surface area contributed by atoms with E-state index in [9.17, 15) is 9.59 Å². The molecule has 2 unspecified atom stereocenters. The van der Waals surface area contributed by atoms with Gasteiger partial charge in [-0.05, 0) is 69.9 Å². The Bertz CT molecular complexity index is 1010. The van der Waals surface area contributed by atoms with Gasteiger partial charge in [0, 0.05) is 23.7 Å². The fourth-order valence-corrected chi connectivity index (χ4v) is 5.58. The van der Waals surface area contributed by atoms with Crippen LogP contribution in [0.3, 0.4) is 0 Å². The summed E-state index contributed by atoms with van der Waals surface area (Å²) in [5, 5.41) is 6.77. The Morgan fingerprint density at radius 3 is 2.42 bits per heavy atom. The van der Waals surface area contributed by atoms with Gasteiger partial charge in [-0.2, -0.15) is 0 Å². The van der Waals surface area contributed by atoms with E-state index in [1.165, 1.54) is 0 Å². The predicted molar refractivity (Wildman–Crippen MR) is 131 cm³/mol. The van der Waals surface area contributed by atoms with Crippen molar-refractivity contribution in [2.45, 2.75) is 69.6 Å². The summed E-state index contributed by atoms with van der Waals surface area (Å²) in [5.41, 5.74) is 0.528. The first kappa shape index (κ1) is 23.6. The summed E-state index contributed by atoms with van der Waals surface area (Å²) in [6.07, 6.45) is 4.84. The fourth-order valence-electron chi connectivity index (χ4n) is 5.40. The molecule has 2 aromatic carbocycles. The van der Waals surface area contributed by atoms with E-state index >= 15 is 0 Å². The number of anilines is 1. The van der Waals surface area contributed by atoms with Crippen LogP contribution in [0.25, 0.3) is 0 Å². The van der Waals surface area contributed by atoms with Gasteiger partial charge in [-0.1, -0.05) is 36.2 Å². The van der Waals surface area contributed by atoms with E-state index in [0.717, 1.165) is 32.1 Å². The molecule has 2 aliphatic rings. The Hall–Kier alpha value is -2.57. The van der Waals surface area contributed by atoms with E-state index in [1.807, 2.05) is 44.2 Å². The molecule has 2 aromatic rings. The number of hydrogen-bond donors (Lipinski definition) is 2. The maximum atomic E-state index is 13.3. The smallest absolute Gasteiger partial charge is 0.251 e. The van der Waals surface area contributed by atoms with Crippen LogP contribution in [0.15, 0.2) is 48.5 Å². The summed E-state index contributed by atoms with van der Waals surface area (Å²) in [5.74, 6) is 0.521. The van der Waals surface area contributed by atoms with Gasteiger partial charge in [0.2, 0.25) is 5.91 Å². The number of methoxy groups -OCH3 is 1. The van der Waals surface area contributed by atoms with E-state index in [1.54, 1.807) is 25.3 Å². The van der Waals surface area contributed by atoms with Gasteiger partial charge in [-0.3, -0.25) is 14.5 Å². The van der Waals surface area contributed by atoms with E-state index in [4.69, 9.17) is 16.3 Å². The maximum absolute atomic E-state index is 13.3. The summed E-state index contributed by atoms with van der Waals surface area (Å²) in [7, 11) is 1.59. The normalized spacial score (nSPS) is 23.0. The first-order valence-corrected chi connectivity index (χ1v) is 12.0. The Morgan fingerprint density at radius 2 is 1.76 bits per heavy atom. The second-order valence-corrected chi connectivity index (χ2v) is 9.92. The van der Waals surface area contributed by atoms with Gasteiger partial charge < -0.3 is 15.4 Å². The Labute approximate surface area is 200 Å². The fraction of sp³-hybridized carbons (Fsp3) is 0.462. The number of rotatable bonds is 6. The minimum Gasteiger partial charge on any atom is -0.497 e. The van der Waals surface area contributed by atoms with Crippen LogP contribution in [0.2, 0.25) is 5.02 Å². The van der Waals surface area contributed by atoms with Crippen molar-refractivity contribution in [1.29, 1.82) is 0 Å².